The molecule has 0 rings (SSSR count). The fourth-order valence-electron chi connectivity index (χ4n) is 0.300. The SMILES string of the molecule is C=CC(=O)O.CC(CO)(CO)CO.CC(CO)(CO)CO. The van der Waals surface area contributed by atoms with Crippen molar-refractivity contribution in [1.29, 1.82) is 0 Å². The zero-order valence-electron chi connectivity index (χ0n) is 12.6. The van der Waals surface area contributed by atoms with Crippen molar-refractivity contribution in [2.75, 3.05) is 39.6 Å². The van der Waals surface area contributed by atoms with Crippen LogP contribution in [-0.2, 0) is 4.79 Å². The number of hydrogen-bond acceptors (Lipinski definition) is 7. The normalized spacial score (nSPS) is 10.7. The summed E-state index contributed by atoms with van der Waals surface area (Å²) in [5.74, 6) is -0.981. The zero-order chi connectivity index (χ0) is 17.5. The third-order valence-corrected chi connectivity index (χ3v) is 2.46. The van der Waals surface area contributed by atoms with Crippen LogP contribution in [0.5, 0.6) is 0 Å². The Kier molecular flexibility index (Phi) is 16.6. The molecule has 0 radical (unpaired) electrons. The molecule has 0 aliphatic rings. The molecule has 0 atom stereocenters. The second-order valence-corrected chi connectivity index (χ2v) is 5.11. The molecule has 21 heavy (non-hydrogen) atoms. The van der Waals surface area contributed by atoms with Crippen LogP contribution in [0, 0.1) is 10.8 Å². The van der Waals surface area contributed by atoms with Crippen molar-refractivity contribution in [3.63, 3.8) is 0 Å². The molecule has 0 saturated heterocycles. The summed E-state index contributed by atoms with van der Waals surface area (Å²) in [6, 6.07) is 0. The second-order valence-electron chi connectivity index (χ2n) is 5.11. The predicted molar refractivity (Wildman–Crippen MR) is 76.6 cm³/mol. The molecule has 0 unspecified atom stereocenters. The molecular formula is C13H28O8. The van der Waals surface area contributed by atoms with Crippen LogP contribution >= 0.6 is 0 Å². The maximum atomic E-state index is 9.25. The van der Waals surface area contributed by atoms with Crippen LogP contribution in [-0.4, -0.2) is 81.4 Å². The van der Waals surface area contributed by atoms with Gasteiger partial charge in [-0.05, 0) is 0 Å². The number of carboxylic acids is 1. The van der Waals surface area contributed by atoms with Crippen LogP contribution in [0.2, 0.25) is 0 Å². The summed E-state index contributed by atoms with van der Waals surface area (Å²) < 4.78 is 0. The summed E-state index contributed by atoms with van der Waals surface area (Å²) in [6.45, 7) is 5.09. The van der Waals surface area contributed by atoms with Gasteiger partial charge < -0.3 is 35.7 Å². The van der Waals surface area contributed by atoms with Crippen LogP contribution in [0.4, 0.5) is 0 Å². The van der Waals surface area contributed by atoms with Gasteiger partial charge in [0.1, 0.15) is 0 Å². The van der Waals surface area contributed by atoms with Crippen molar-refractivity contribution in [3.05, 3.63) is 12.7 Å². The van der Waals surface area contributed by atoms with E-state index in [1.807, 2.05) is 0 Å². The number of aliphatic hydroxyl groups excluding tert-OH is 6. The van der Waals surface area contributed by atoms with Gasteiger partial charge in [-0.1, -0.05) is 20.4 Å². The Bertz CT molecular complexity index is 224. The standard InChI is InChI=1S/2C5H12O3.C3H4O2/c2*1-5(2-6,3-7)4-8;1-2-3(4)5/h2*6-8H,2-4H2,1H3;2H,1H2,(H,4,5). The van der Waals surface area contributed by atoms with Crippen LogP contribution in [0.15, 0.2) is 12.7 Å². The third kappa shape index (κ3) is 15.2. The van der Waals surface area contributed by atoms with Gasteiger partial charge in [0, 0.05) is 16.9 Å². The van der Waals surface area contributed by atoms with Crippen molar-refractivity contribution in [2.24, 2.45) is 10.8 Å². The quantitative estimate of drug-likeness (QED) is 0.271. The van der Waals surface area contributed by atoms with Gasteiger partial charge in [-0.25, -0.2) is 4.79 Å². The molecule has 0 aromatic rings. The molecule has 7 N–H and O–H groups in total. The largest absolute Gasteiger partial charge is 0.478 e. The predicted octanol–water partition coefficient (Wildman–Crippen LogP) is -1.80. The highest BCUT2D eigenvalue weighted by Crippen LogP contribution is 2.11. The molecule has 0 spiro atoms. The Morgan fingerprint density at radius 3 is 0.952 bits per heavy atom. The van der Waals surface area contributed by atoms with E-state index in [4.69, 9.17) is 35.7 Å². The fraction of sp³-hybridized carbons (Fsp3) is 0.769. The molecule has 0 aromatic carbocycles. The summed E-state index contributed by atoms with van der Waals surface area (Å²) >= 11 is 0. The first-order valence-electron chi connectivity index (χ1n) is 6.14. The lowest BCUT2D eigenvalue weighted by Gasteiger charge is -2.20. The van der Waals surface area contributed by atoms with Crippen molar-refractivity contribution in [3.8, 4) is 0 Å². The van der Waals surface area contributed by atoms with E-state index in [2.05, 4.69) is 6.58 Å². The van der Waals surface area contributed by atoms with E-state index < -0.39 is 16.8 Å². The maximum absolute atomic E-state index is 9.25. The van der Waals surface area contributed by atoms with Gasteiger partial charge in [-0.3, -0.25) is 0 Å². The summed E-state index contributed by atoms with van der Waals surface area (Å²) in [5, 5.41) is 58.4. The van der Waals surface area contributed by atoms with Gasteiger partial charge in [-0.2, -0.15) is 0 Å². The minimum atomic E-state index is -0.981. The lowest BCUT2D eigenvalue weighted by molar-refractivity contribution is -0.131. The molecule has 0 bridgehead atoms. The second kappa shape index (κ2) is 13.9. The highest BCUT2D eigenvalue weighted by atomic mass is 16.4. The van der Waals surface area contributed by atoms with E-state index in [0.29, 0.717) is 0 Å². The van der Waals surface area contributed by atoms with Crippen LogP contribution in [0.25, 0.3) is 0 Å². The van der Waals surface area contributed by atoms with Gasteiger partial charge >= 0.3 is 5.97 Å². The highest BCUT2D eigenvalue weighted by Gasteiger charge is 2.20. The number of aliphatic hydroxyl groups is 6. The highest BCUT2D eigenvalue weighted by molar-refractivity contribution is 5.78. The molecule has 8 heteroatoms. The Hall–Kier alpha value is -1.03. The average Bonchev–Trinajstić information content (AvgIpc) is 2.54. The van der Waals surface area contributed by atoms with Gasteiger partial charge in [0.05, 0.1) is 39.6 Å². The molecule has 0 aliphatic heterocycles. The van der Waals surface area contributed by atoms with E-state index in [9.17, 15) is 4.79 Å². The van der Waals surface area contributed by atoms with E-state index in [1.54, 1.807) is 13.8 Å². The number of aliphatic carboxylic acids is 1. The first-order valence-corrected chi connectivity index (χ1v) is 6.14. The van der Waals surface area contributed by atoms with E-state index in [0.717, 1.165) is 6.08 Å². The lowest BCUT2D eigenvalue weighted by Crippen LogP contribution is -2.29. The summed E-state index contributed by atoms with van der Waals surface area (Å²) in [5.41, 5.74) is -1.42. The molecular weight excluding hydrogens is 284 g/mol. The minimum absolute atomic E-state index is 0.181. The average molecular weight is 312 g/mol. The topological polar surface area (TPSA) is 159 Å². The van der Waals surface area contributed by atoms with E-state index in [1.165, 1.54) is 0 Å². The monoisotopic (exact) mass is 312 g/mol. The lowest BCUT2D eigenvalue weighted by atomic mass is 9.95. The number of carbonyl (C=O) groups is 1. The number of rotatable bonds is 7. The van der Waals surface area contributed by atoms with E-state index in [-0.39, 0.29) is 39.6 Å². The van der Waals surface area contributed by atoms with Gasteiger partial charge in [0.2, 0.25) is 0 Å². The van der Waals surface area contributed by atoms with Crippen molar-refractivity contribution in [1.82, 2.24) is 0 Å². The molecule has 0 fully saturated rings. The fourth-order valence-corrected chi connectivity index (χ4v) is 0.300. The number of carboxylic acid groups (broad SMARTS) is 1. The smallest absolute Gasteiger partial charge is 0.327 e. The molecule has 0 heterocycles. The molecule has 0 aromatic heterocycles. The van der Waals surface area contributed by atoms with Crippen LogP contribution < -0.4 is 0 Å². The minimum Gasteiger partial charge on any atom is -0.478 e. The van der Waals surface area contributed by atoms with E-state index >= 15 is 0 Å². The van der Waals surface area contributed by atoms with Crippen molar-refractivity contribution < 1.29 is 40.5 Å². The molecule has 0 saturated carbocycles. The Balaban J connectivity index is -0.000000239. The first kappa shape index (κ1) is 25.0. The van der Waals surface area contributed by atoms with Gasteiger partial charge in [0.15, 0.2) is 0 Å². The van der Waals surface area contributed by atoms with Crippen LogP contribution in [0.1, 0.15) is 13.8 Å². The number of hydrogen-bond donors (Lipinski definition) is 7. The molecule has 0 amide bonds. The Morgan fingerprint density at radius 1 is 0.810 bits per heavy atom. The molecule has 0 aliphatic carbocycles. The summed E-state index contributed by atoms with van der Waals surface area (Å²) in [4.78, 5) is 9.25. The Morgan fingerprint density at radius 2 is 0.952 bits per heavy atom. The van der Waals surface area contributed by atoms with Crippen LogP contribution in [0.3, 0.4) is 0 Å². The van der Waals surface area contributed by atoms with Crippen molar-refractivity contribution in [2.45, 2.75) is 13.8 Å². The third-order valence-electron chi connectivity index (χ3n) is 2.46. The molecule has 128 valence electrons. The van der Waals surface area contributed by atoms with Crippen molar-refractivity contribution >= 4 is 5.97 Å². The first-order chi connectivity index (χ1) is 9.63. The summed E-state index contributed by atoms with van der Waals surface area (Å²) in [6.07, 6.45) is 0.833. The maximum Gasteiger partial charge on any atom is 0.327 e. The molecule has 8 nitrogen and oxygen atoms in total. The van der Waals surface area contributed by atoms with Gasteiger partial charge in [-0.15, -0.1) is 0 Å². The summed E-state index contributed by atoms with van der Waals surface area (Å²) in [7, 11) is 0. The zero-order valence-corrected chi connectivity index (χ0v) is 12.6. The van der Waals surface area contributed by atoms with Gasteiger partial charge in [0.25, 0.3) is 0 Å². The Labute approximate surface area is 124 Å².